The van der Waals surface area contributed by atoms with Gasteiger partial charge in [-0.1, -0.05) is 24.6 Å². The highest BCUT2D eigenvalue weighted by Gasteiger charge is 2.43. The standard InChI is InChI=1S/C16H21F3O/c1-10-5-3-8-14(11(10)2)15(20)12-6-4-7-13(9-12)16(17,18)19/h3,5,8,12-13,15,20H,4,6-7,9H2,1-2H3. The number of aliphatic hydroxyl groups excluding tert-OH is 1. The van der Waals surface area contributed by atoms with Crippen LogP contribution in [0.3, 0.4) is 0 Å². The van der Waals surface area contributed by atoms with E-state index >= 15 is 0 Å². The maximum absolute atomic E-state index is 12.8. The summed E-state index contributed by atoms with van der Waals surface area (Å²) in [6.07, 6.45) is -3.49. The number of aryl methyl sites for hydroxylation is 1. The van der Waals surface area contributed by atoms with Gasteiger partial charge in [-0.25, -0.2) is 0 Å². The Morgan fingerprint density at radius 1 is 1.20 bits per heavy atom. The Bertz CT molecular complexity index is 467. The van der Waals surface area contributed by atoms with E-state index in [0.29, 0.717) is 12.8 Å². The van der Waals surface area contributed by atoms with Crippen molar-refractivity contribution < 1.29 is 18.3 Å². The monoisotopic (exact) mass is 286 g/mol. The zero-order chi connectivity index (χ0) is 14.9. The van der Waals surface area contributed by atoms with Crippen molar-refractivity contribution in [2.45, 2.75) is 51.8 Å². The lowest BCUT2D eigenvalue weighted by molar-refractivity contribution is -0.189. The van der Waals surface area contributed by atoms with Crippen LogP contribution < -0.4 is 0 Å². The molecule has 1 aromatic carbocycles. The van der Waals surface area contributed by atoms with Crippen molar-refractivity contribution in [3.63, 3.8) is 0 Å². The maximum atomic E-state index is 12.8. The van der Waals surface area contributed by atoms with Gasteiger partial charge in [0.2, 0.25) is 0 Å². The first-order valence-corrected chi connectivity index (χ1v) is 7.11. The summed E-state index contributed by atoms with van der Waals surface area (Å²) >= 11 is 0. The molecule has 1 nitrogen and oxygen atoms in total. The Hall–Kier alpha value is -1.03. The topological polar surface area (TPSA) is 20.2 Å². The molecule has 0 radical (unpaired) electrons. The van der Waals surface area contributed by atoms with Crippen LogP contribution in [-0.2, 0) is 0 Å². The highest BCUT2D eigenvalue weighted by atomic mass is 19.4. The summed E-state index contributed by atoms with van der Waals surface area (Å²) in [5, 5.41) is 10.5. The van der Waals surface area contributed by atoms with Crippen LogP contribution in [0.5, 0.6) is 0 Å². The number of benzene rings is 1. The van der Waals surface area contributed by atoms with Crippen LogP contribution in [0.2, 0.25) is 0 Å². The largest absolute Gasteiger partial charge is 0.391 e. The Kier molecular flexibility index (Phi) is 4.43. The molecule has 1 aliphatic rings. The third kappa shape index (κ3) is 3.17. The Labute approximate surface area is 117 Å². The summed E-state index contributed by atoms with van der Waals surface area (Å²) in [6, 6.07) is 5.63. The molecule has 0 aromatic heterocycles. The molecule has 1 aliphatic carbocycles. The summed E-state index contributed by atoms with van der Waals surface area (Å²) in [6.45, 7) is 3.86. The molecular weight excluding hydrogens is 265 g/mol. The normalized spacial score (nSPS) is 25.5. The fraction of sp³-hybridized carbons (Fsp3) is 0.625. The molecule has 3 unspecified atom stereocenters. The Balaban J connectivity index is 2.16. The van der Waals surface area contributed by atoms with Crippen molar-refractivity contribution in [2.75, 3.05) is 0 Å². The van der Waals surface area contributed by atoms with E-state index in [0.717, 1.165) is 16.7 Å². The summed E-state index contributed by atoms with van der Waals surface area (Å²) in [7, 11) is 0. The van der Waals surface area contributed by atoms with Crippen LogP contribution in [-0.4, -0.2) is 11.3 Å². The van der Waals surface area contributed by atoms with Crippen molar-refractivity contribution in [2.24, 2.45) is 11.8 Å². The SMILES string of the molecule is Cc1cccc(C(O)C2CCCC(C(F)(F)F)C2)c1C. The van der Waals surface area contributed by atoms with Gasteiger partial charge >= 0.3 is 6.18 Å². The highest BCUT2D eigenvalue weighted by Crippen LogP contribution is 2.44. The molecule has 0 spiro atoms. The summed E-state index contributed by atoms with van der Waals surface area (Å²) in [4.78, 5) is 0. The third-order valence-electron chi connectivity index (χ3n) is 4.59. The zero-order valence-electron chi connectivity index (χ0n) is 11.9. The fourth-order valence-electron chi connectivity index (χ4n) is 3.16. The predicted octanol–water partition coefficient (Wildman–Crippen LogP) is 4.71. The van der Waals surface area contributed by atoms with Gasteiger partial charge in [-0.15, -0.1) is 0 Å². The van der Waals surface area contributed by atoms with Crippen molar-refractivity contribution in [1.82, 2.24) is 0 Å². The van der Waals surface area contributed by atoms with Crippen molar-refractivity contribution in [1.29, 1.82) is 0 Å². The second kappa shape index (κ2) is 5.76. The van der Waals surface area contributed by atoms with Crippen molar-refractivity contribution in [3.8, 4) is 0 Å². The lowest BCUT2D eigenvalue weighted by Gasteiger charge is -2.34. The second-order valence-electron chi connectivity index (χ2n) is 5.90. The van der Waals surface area contributed by atoms with Crippen LogP contribution >= 0.6 is 0 Å². The first-order valence-electron chi connectivity index (χ1n) is 7.11. The van der Waals surface area contributed by atoms with Crippen LogP contribution in [0.1, 0.15) is 48.5 Å². The van der Waals surface area contributed by atoms with Gasteiger partial charge < -0.3 is 5.11 Å². The van der Waals surface area contributed by atoms with Gasteiger partial charge in [0.25, 0.3) is 0 Å². The van der Waals surface area contributed by atoms with Crippen molar-refractivity contribution in [3.05, 3.63) is 34.9 Å². The first-order chi connectivity index (χ1) is 9.30. The first kappa shape index (κ1) is 15.4. The number of hydrogen-bond donors (Lipinski definition) is 1. The van der Waals surface area contributed by atoms with Gasteiger partial charge in [0.1, 0.15) is 0 Å². The molecule has 1 N–H and O–H groups in total. The van der Waals surface area contributed by atoms with E-state index in [2.05, 4.69) is 0 Å². The fourth-order valence-corrected chi connectivity index (χ4v) is 3.16. The molecule has 0 amide bonds. The molecule has 0 bridgehead atoms. The molecule has 0 saturated heterocycles. The number of rotatable bonds is 2. The van der Waals surface area contributed by atoms with Gasteiger partial charge in [-0.05, 0) is 55.7 Å². The quantitative estimate of drug-likeness (QED) is 0.835. The van der Waals surface area contributed by atoms with Gasteiger partial charge in [0, 0.05) is 0 Å². The number of alkyl halides is 3. The molecular formula is C16H21F3O. The number of halogens is 3. The van der Waals surface area contributed by atoms with E-state index in [1.54, 1.807) is 0 Å². The zero-order valence-corrected chi connectivity index (χ0v) is 11.9. The third-order valence-corrected chi connectivity index (χ3v) is 4.59. The molecule has 4 heteroatoms. The molecule has 20 heavy (non-hydrogen) atoms. The van der Waals surface area contributed by atoms with Crippen LogP contribution in [0, 0.1) is 25.7 Å². The van der Waals surface area contributed by atoms with E-state index < -0.39 is 18.2 Å². The molecule has 1 saturated carbocycles. The average Bonchev–Trinajstić information content (AvgIpc) is 2.40. The summed E-state index contributed by atoms with van der Waals surface area (Å²) in [5.41, 5.74) is 2.82. The minimum absolute atomic E-state index is 0.0397. The Morgan fingerprint density at radius 2 is 1.90 bits per heavy atom. The number of hydrogen-bond acceptors (Lipinski definition) is 1. The highest BCUT2D eigenvalue weighted by molar-refractivity contribution is 5.34. The maximum Gasteiger partial charge on any atom is 0.391 e. The molecule has 2 rings (SSSR count). The molecule has 112 valence electrons. The summed E-state index contributed by atoms with van der Waals surface area (Å²) in [5.74, 6) is -1.56. The van der Waals surface area contributed by atoms with Gasteiger partial charge in [0.15, 0.2) is 0 Å². The van der Waals surface area contributed by atoms with E-state index in [4.69, 9.17) is 0 Å². The lowest BCUT2D eigenvalue weighted by atomic mass is 9.76. The molecule has 0 heterocycles. The minimum Gasteiger partial charge on any atom is -0.388 e. The van der Waals surface area contributed by atoms with Gasteiger partial charge in [-0.3, -0.25) is 0 Å². The van der Waals surface area contributed by atoms with E-state index in [9.17, 15) is 18.3 Å². The molecule has 1 aromatic rings. The van der Waals surface area contributed by atoms with Crippen LogP contribution in [0.25, 0.3) is 0 Å². The van der Waals surface area contributed by atoms with Crippen molar-refractivity contribution >= 4 is 0 Å². The lowest BCUT2D eigenvalue weighted by Crippen LogP contribution is -2.31. The second-order valence-corrected chi connectivity index (χ2v) is 5.90. The van der Waals surface area contributed by atoms with Gasteiger partial charge in [0.05, 0.1) is 12.0 Å². The predicted molar refractivity (Wildman–Crippen MR) is 72.4 cm³/mol. The van der Waals surface area contributed by atoms with Crippen LogP contribution in [0.4, 0.5) is 13.2 Å². The van der Waals surface area contributed by atoms with Gasteiger partial charge in [-0.2, -0.15) is 13.2 Å². The molecule has 3 atom stereocenters. The number of aliphatic hydroxyl groups is 1. The molecule has 1 fully saturated rings. The van der Waals surface area contributed by atoms with E-state index in [-0.39, 0.29) is 18.8 Å². The van der Waals surface area contributed by atoms with E-state index in [1.165, 1.54) is 0 Å². The molecule has 0 aliphatic heterocycles. The minimum atomic E-state index is -4.14. The Morgan fingerprint density at radius 3 is 2.55 bits per heavy atom. The smallest absolute Gasteiger partial charge is 0.388 e. The van der Waals surface area contributed by atoms with E-state index in [1.807, 2.05) is 32.0 Å². The summed E-state index contributed by atoms with van der Waals surface area (Å²) < 4.78 is 38.5. The van der Waals surface area contributed by atoms with Crippen LogP contribution in [0.15, 0.2) is 18.2 Å². The average molecular weight is 286 g/mol.